The van der Waals surface area contributed by atoms with E-state index < -0.39 is 0 Å². The number of pyridine rings is 1. The summed E-state index contributed by atoms with van der Waals surface area (Å²) in [5, 5.41) is 12.0. The summed E-state index contributed by atoms with van der Waals surface area (Å²) in [4.78, 5) is 14.7. The second kappa shape index (κ2) is 4.84. The highest BCUT2D eigenvalue weighted by atomic mass is 16.3. The molecule has 2 aromatic rings. The molecule has 1 N–H and O–H groups in total. The van der Waals surface area contributed by atoms with Crippen LogP contribution in [0, 0.1) is 11.8 Å². The Morgan fingerprint density at radius 2 is 1.94 bits per heavy atom. The first-order chi connectivity index (χ1) is 8.22. The van der Waals surface area contributed by atoms with E-state index in [4.69, 9.17) is 5.11 Å². The van der Waals surface area contributed by atoms with Gasteiger partial charge in [0.1, 0.15) is 5.69 Å². The van der Waals surface area contributed by atoms with Crippen LogP contribution >= 0.6 is 0 Å². The van der Waals surface area contributed by atoms with E-state index in [1.807, 2.05) is 19.1 Å². The van der Waals surface area contributed by atoms with Gasteiger partial charge in [0.15, 0.2) is 0 Å². The van der Waals surface area contributed by atoms with Crippen LogP contribution in [0.4, 0.5) is 5.69 Å². The molecule has 0 aliphatic rings. The van der Waals surface area contributed by atoms with Crippen LogP contribution in [-0.2, 0) is 6.61 Å². The number of aromatic nitrogens is 1. The topological polar surface area (TPSA) is 62.6 Å². The lowest BCUT2D eigenvalue weighted by Gasteiger charge is -2.05. The lowest BCUT2D eigenvalue weighted by atomic mass is 10.1. The molecule has 0 atom stereocenters. The van der Waals surface area contributed by atoms with Gasteiger partial charge in [-0.15, -0.1) is 4.91 Å². The first kappa shape index (κ1) is 11.4. The number of nitrogens with zero attached hydrogens (tertiary/aromatic N) is 2. The number of hydrogen-bond donors (Lipinski definition) is 1. The van der Waals surface area contributed by atoms with Crippen molar-refractivity contribution in [1.29, 1.82) is 0 Å². The smallest absolute Gasteiger partial charge is 0.108 e. The molecule has 0 fully saturated rings. The van der Waals surface area contributed by atoms with Gasteiger partial charge in [-0.3, -0.25) is 4.98 Å². The van der Waals surface area contributed by atoms with E-state index in [-0.39, 0.29) is 6.61 Å². The highest BCUT2D eigenvalue weighted by Gasteiger charge is 2.03. The maximum atomic E-state index is 10.3. The Morgan fingerprint density at radius 1 is 1.24 bits per heavy atom. The molecule has 1 heterocycles. The van der Waals surface area contributed by atoms with E-state index in [9.17, 15) is 4.91 Å². The molecule has 86 valence electrons. The van der Waals surface area contributed by atoms with E-state index >= 15 is 0 Å². The summed E-state index contributed by atoms with van der Waals surface area (Å²) >= 11 is 0. The summed E-state index contributed by atoms with van der Waals surface area (Å²) in [6.45, 7) is 1.87. The van der Waals surface area contributed by atoms with Crippen LogP contribution in [0.1, 0.15) is 11.3 Å². The van der Waals surface area contributed by atoms with Crippen molar-refractivity contribution in [3.8, 4) is 11.3 Å². The number of hydrogen-bond acceptors (Lipinski definition) is 4. The first-order valence-corrected chi connectivity index (χ1v) is 5.25. The van der Waals surface area contributed by atoms with E-state index in [2.05, 4.69) is 10.2 Å². The van der Waals surface area contributed by atoms with Gasteiger partial charge >= 0.3 is 0 Å². The van der Waals surface area contributed by atoms with Crippen molar-refractivity contribution in [2.24, 2.45) is 5.18 Å². The van der Waals surface area contributed by atoms with Gasteiger partial charge in [-0.1, -0.05) is 12.1 Å². The van der Waals surface area contributed by atoms with Crippen molar-refractivity contribution in [1.82, 2.24) is 4.98 Å². The highest BCUT2D eigenvalue weighted by Crippen LogP contribution is 2.22. The van der Waals surface area contributed by atoms with Crippen LogP contribution in [-0.4, -0.2) is 10.1 Å². The molecule has 4 nitrogen and oxygen atoms in total. The van der Waals surface area contributed by atoms with Crippen LogP contribution in [0.2, 0.25) is 0 Å². The summed E-state index contributed by atoms with van der Waals surface area (Å²) in [5.41, 5.74) is 3.75. The molecule has 0 saturated heterocycles. The molecular weight excluding hydrogens is 216 g/mol. The van der Waals surface area contributed by atoms with Crippen molar-refractivity contribution < 1.29 is 5.11 Å². The van der Waals surface area contributed by atoms with Gasteiger partial charge in [0.25, 0.3) is 0 Å². The van der Waals surface area contributed by atoms with Gasteiger partial charge in [-0.25, -0.2) is 0 Å². The molecule has 2 rings (SSSR count). The third kappa shape index (κ3) is 2.54. The Balaban J connectivity index is 2.44. The fourth-order valence-electron chi connectivity index (χ4n) is 1.67. The third-order valence-corrected chi connectivity index (χ3v) is 2.46. The largest absolute Gasteiger partial charge is 0.392 e. The summed E-state index contributed by atoms with van der Waals surface area (Å²) in [7, 11) is 0. The van der Waals surface area contributed by atoms with E-state index in [0.29, 0.717) is 5.69 Å². The van der Waals surface area contributed by atoms with Gasteiger partial charge in [0.2, 0.25) is 0 Å². The molecule has 0 spiro atoms. The molecule has 0 radical (unpaired) electrons. The quantitative estimate of drug-likeness (QED) is 0.821. The zero-order valence-electron chi connectivity index (χ0n) is 9.42. The minimum atomic E-state index is -0.00959. The van der Waals surface area contributed by atoms with E-state index in [1.165, 1.54) is 0 Å². The summed E-state index contributed by atoms with van der Waals surface area (Å²) in [6.07, 6.45) is 0. The molecule has 0 unspecified atom stereocenters. The molecule has 17 heavy (non-hydrogen) atoms. The molecule has 1 aromatic carbocycles. The number of aliphatic hydroxyl groups is 1. The molecule has 0 amide bonds. The number of aliphatic hydroxyl groups excluding tert-OH is 1. The van der Waals surface area contributed by atoms with Crippen molar-refractivity contribution in [2.45, 2.75) is 13.5 Å². The summed E-state index contributed by atoms with van der Waals surface area (Å²) in [5.74, 6) is 0. The van der Waals surface area contributed by atoms with Gasteiger partial charge in [0.05, 0.1) is 12.3 Å². The highest BCUT2D eigenvalue weighted by molar-refractivity contribution is 5.62. The summed E-state index contributed by atoms with van der Waals surface area (Å²) < 4.78 is 0. The zero-order valence-corrected chi connectivity index (χ0v) is 9.42. The van der Waals surface area contributed by atoms with Crippen molar-refractivity contribution in [3.63, 3.8) is 0 Å². The minimum absolute atomic E-state index is 0.00959. The maximum absolute atomic E-state index is 10.3. The van der Waals surface area contributed by atoms with E-state index in [0.717, 1.165) is 22.5 Å². The van der Waals surface area contributed by atoms with E-state index in [1.54, 1.807) is 24.3 Å². The first-order valence-electron chi connectivity index (χ1n) is 5.25. The average molecular weight is 228 g/mol. The minimum Gasteiger partial charge on any atom is -0.392 e. The van der Waals surface area contributed by atoms with Gasteiger partial charge in [-0.05, 0) is 41.9 Å². The Hall–Kier alpha value is -2.07. The third-order valence-electron chi connectivity index (χ3n) is 2.46. The monoisotopic (exact) mass is 228 g/mol. The van der Waals surface area contributed by atoms with Crippen LogP contribution in [0.25, 0.3) is 11.3 Å². The lowest BCUT2D eigenvalue weighted by molar-refractivity contribution is 0.281. The molecule has 0 aliphatic heterocycles. The van der Waals surface area contributed by atoms with Crippen LogP contribution in [0.5, 0.6) is 0 Å². The second-order valence-corrected chi connectivity index (χ2v) is 3.80. The Bertz CT molecular complexity index is 536. The Morgan fingerprint density at radius 3 is 2.53 bits per heavy atom. The molecule has 0 bridgehead atoms. The Kier molecular flexibility index (Phi) is 3.25. The number of benzene rings is 1. The maximum Gasteiger partial charge on any atom is 0.108 e. The van der Waals surface area contributed by atoms with Gasteiger partial charge in [-0.2, -0.15) is 0 Å². The van der Waals surface area contributed by atoms with Crippen molar-refractivity contribution >= 4 is 5.69 Å². The van der Waals surface area contributed by atoms with Crippen LogP contribution in [0.15, 0.2) is 41.6 Å². The number of nitroso groups, excluding NO2 is 1. The Labute approximate surface area is 98.9 Å². The molecule has 1 aromatic heterocycles. The van der Waals surface area contributed by atoms with Crippen LogP contribution < -0.4 is 0 Å². The molecule has 4 heteroatoms. The van der Waals surface area contributed by atoms with Crippen molar-refractivity contribution in [3.05, 3.63) is 52.6 Å². The SMILES string of the molecule is Cc1cc(CO)cc(-c2ccc(N=O)cc2)n1. The normalized spacial score (nSPS) is 10.2. The van der Waals surface area contributed by atoms with Crippen LogP contribution in [0.3, 0.4) is 0 Å². The zero-order chi connectivity index (χ0) is 12.3. The predicted octanol–water partition coefficient (Wildman–Crippen LogP) is 2.95. The average Bonchev–Trinajstić information content (AvgIpc) is 2.38. The lowest BCUT2D eigenvalue weighted by Crippen LogP contribution is -1.92. The second-order valence-electron chi connectivity index (χ2n) is 3.80. The number of rotatable bonds is 3. The fourth-order valence-corrected chi connectivity index (χ4v) is 1.67. The standard InChI is InChI=1S/C13H12N2O2/c1-9-6-10(8-16)7-13(14-9)11-2-4-12(15-17)5-3-11/h2-7,16H,8H2,1H3. The van der Waals surface area contributed by atoms with Gasteiger partial charge in [0, 0.05) is 11.3 Å². The van der Waals surface area contributed by atoms with Crippen molar-refractivity contribution in [2.75, 3.05) is 0 Å². The van der Waals surface area contributed by atoms with Gasteiger partial charge < -0.3 is 5.11 Å². The molecule has 0 aliphatic carbocycles. The summed E-state index contributed by atoms with van der Waals surface area (Å²) in [6, 6.07) is 10.5. The molecule has 0 saturated carbocycles. The predicted molar refractivity (Wildman–Crippen MR) is 65.8 cm³/mol. The fraction of sp³-hybridized carbons (Fsp3) is 0.154. The number of aryl methyl sites for hydroxylation is 1. The molecular formula is C13H12N2O2.